The summed E-state index contributed by atoms with van der Waals surface area (Å²) >= 11 is 0. The summed E-state index contributed by atoms with van der Waals surface area (Å²) in [5, 5.41) is 9.32. The maximum absolute atomic E-state index is 5.52. The predicted molar refractivity (Wildman–Crippen MR) is 56.9 cm³/mol. The third-order valence-electron chi connectivity index (χ3n) is 2.32. The molecule has 2 rings (SSSR count). The van der Waals surface area contributed by atoms with Crippen molar-refractivity contribution in [3.8, 4) is 0 Å². The lowest BCUT2D eigenvalue weighted by atomic mass is 10.1. The van der Waals surface area contributed by atoms with Crippen LogP contribution in [0.25, 0.3) is 10.9 Å². The Labute approximate surface area is 83.0 Å². The Bertz CT molecular complexity index is 477. The number of benzene rings is 1. The van der Waals surface area contributed by atoms with Crippen molar-refractivity contribution in [3.63, 3.8) is 0 Å². The van der Waals surface area contributed by atoms with Crippen LogP contribution in [-0.2, 0) is 6.54 Å². The van der Waals surface area contributed by atoms with Gasteiger partial charge in [-0.1, -0.05) is 6.07 Å². The van der Waals surface area contributed by atoms with Crippen molar-refractivity contribution < 1.29 is 0 Å². The normalized spacial score (nSPS) is 10.8. The molecule has 2 aromatic rings. The van der Waals surface area contributed by atoms with E-state index in [0.717, 1.165) is 16.6 Å². The Morgan fingerprint density at radius 3 is 2.64 bits per heavy atom. The van der Waals surface area contributed by atoms with Crippen molar-refractivity contribution in [3.05, 3.63) is 35.0 Å². The molecular weight excluding hydrogens is 174 g/mol. The lowest BCUT2D eigenvalue weighted by Gasteiger charge is -2.04. The van der Waals surface area contributed by atoms with E-state index in [1.54, 1.807) is 0 Å². The van der Waals surface area contributed by atoms with Gasteiger partial charge in [-0.15, -0.1) is 0 Å². The standard InChI is InChI=1S/C11H13N3/c1-7-3-8(2)10-5-9(6-12)13-14-11(10)4-7/h3-5H,6,12H2,1-2H3. The smallest absolute Gasteiger partial charge is 0.0935 e. The first-order chi connectivity index (χ1) is 6.70. The Kier molecular flexibility index (Phi) is 2.17. The van der Waals surface area contributed by atoms with Crippen LogP contribution in [0.4, 0.5) is 0 Å². The molecule has 0 fully saturated rings. The monoisotopic (exact) mass is 187 g/mol. The van der Waals surface area contributed by atoms with Gasteiger partial charge in [0.25, 0.3) is 0 Å². The average molecular weight is 187 g/mol. The van der Waals surface area contributed by atoms with E-state index in [2.05, 4.69) is 30.1 Å². The van der Waals surface area contributed by atoms with Crippen molar-refractivity contribution in [1.29, 1.82) is 0 Å². The summed E-state index contributed by atoms with van der Waals surface area (Å²) in [6.07, 6.45) is 0. The number of nitrogens with zero attached hydrogens (tertiary/aromatic N) is 2. The van der Waals surface area contributed by atoms with Gasteiger partial charge in [-0.05, 0) is 37.1 Å². The van der Waals surface area contributed by atoms with E-state index < -0.39 is 0 Å². The van der Waals surface area contributed by atoms with Crippen LogP contribution >= 0.6 is 0 Å². The highest BCUT2D eigenvalue weighted by atomic mass is 15.1. The van der Waals surface area contributed by atoms with Crippen molar-refractivity contribution in [2.24, 2.45) is 5.73 Å². The number of hydrogen-bond acceptors (Lipinski definition) is 3. The third kappa shape index (κ3) is 1.46. The zero-order chi connectivity index (χ0) is 10.1. The largest absolute Gasteiger partial charge is 0.325 e. The van der Waals surface area contributed by atoms with Gasteiger partial charge < -0.3 is 5.73 Å². The molecule has 0 saturated carbocycles. The molecule has 72 valence electrons. The second kappa shape index (κ2) is 3.35. The molecule has 0 amide bonds. The molecule has 0 aliphatic heterocycles. The van der Waals surface area contributed by atoms with E-state index >= 15 is 0 Å². The van der Waals surface area contributed by atoms with E-state index in [1.807, 2.05) is 12.1 Å². The SMILES string of the molecule is Cc1cc(C)c2cc(CN)nnc2c1. The lowest BCUT2D eigenvalue weighted by molar-refractivity contribution is 0.919. The predicted octanol–water partition coefficient (Wildman–Crippen LogP) is 1.71. The second-order valence-corrected chi connectivity index (χ2v) is 3.55. The molecule has 0 radical (unpaired) electrons. The van der Waals surface area contributed by atoms with Gasteiger partial charge in [0.1, 0.15) is 0 Å². The quantitative estimate of drug-likeness (QED) is 0.739. The molecule has 0 aliphatic carbocycles. The van der Waals surface area contributed by atoms with Crippen LogP contribution in [0.5, 0.6) is 0 Å². The summed E-state index contributed by atoms with van der Waals surface area (Å²) in [5.41, 5.74) is 9.74. The summed E-state index contributed by atoms with van der Waals surface area (Å²) < 4.78 is 0. The fourth-order valence-corrected chi connectivity index (χ4v) is 1.64. The molecule has 1 aromatic heterocycles. The third-order valence-corrected chi connectivity index (χ3v) is 2.32. The fraction of sp³-hybridized carbons (Fsp3) is 0.273. The van der Waals surface area contributed by atoms with Crippen LogP contribution in [0, 0.1) is 13.8 Å². The molecule has 3 nitrogen and oxygen atoms in total. The van der Waals surface area contributed by atoms with E-state index in [0.29, 0.717) is 6.54 Å². The average Bonchev–Trinajstić information content (AvgIpc) is 2.17. The van der Waals surface area contributed by atoms with Crippen LogP contribution in [0.15, 0.2) is 18.2 Å². The van der Waals surface area contributed by atoms with Crippen LogP contribution in [0.3, 0.4) is 0 Å². The summed E-state index contributed by atoms with van der Waals surface area (Å²) in [5.74, 6) is 0. The van der Waals surface area contributed by atoms with Gasteiger partial charge >= 0.3 is 0 Å². The van der Waals surface area contributed by atoms with Crippen LogP contribution in [-0.4, -0.2) is 10.2 Å². The summed E-state index contributed by atoms with van der Waals surface area (Å²) in [4.78, 5) is 0. The van der Waals surface area contributed by atoms with E-state index in [1.165, 1.54) is 11.1 Å². The molecule has 0 atom stereocenters. The molecule has 1 aromatic carbocycles. The van der Waals surface area contributed by atoms with E-state index in [4.69, 9.17) is 5.73 Å². The molecule has 0 saturated heterocycles. The zero-order valence-electron chi connectivity index (χ0n) is 8.41. The first-order valence-corrected chi connectivity index (χ1v) is 4.64. The topological polar surface area (TPSA) is 51.8 Å². The molecule has 0 unspecified atom stereocenters. The highest BCUT2D eigenvalue weighted by molar-refractivity contribution is 5.82. The van der Waals surface area contributed by atoms with Gasteiger partial charge in [-0.2, -0.15) is 10.2 Å². The number of aryl methyl sites for hydroxylation is 2. The number of rotatable bonds is 1. The number of aromatic nitrogens is 2. The maximum Gasteiger partial charge on any atom is 0.0935 e. The Balaban J connectivity index is 2.75. The molecule has 0 bridgehead atoms. The minimum absolute atomic E-state index is 0.441. The van der Waals surface area contributed by atoms with Gasteiger partial charge in [0, 0.05) is 11.9 Å². The highest BCUT2D eigenvalue weighted by Crippen LogP contribution is 2.18. The van der Waals surface area contributed by atoms with Crippen LogP contribution in [0.1, 0.15) is 16.8 Å². The Hall–Kier alpha value is -1.48. The van der Waals surface area contributed by atoms with Crippen LogP contribution < -0.4 is 5.73 Å². The summed E-state index contributed by atoms with van der Waals surface area (Å²) in [7, 11) is 0. The highest BCUT2D eigenvalue weighted by Gasteiger charge is 2.02. The second-order valence-electron chi connectivity index (χ2n) is 3.55. The number of nitrogens with two attached hydrogens (primary N) is 1. The minimum Gasteiger partial charge on any atom is -0.325 e. The number of hydrogen-bond donors (Lipinski definition) is 1. The Morgan fingerprint density at radius 2 is 1.93 bits per heavy atom. The zero-order valence-corrected chi connectivity index (χ0v) is 8.41. The molecule has 3 heteroatoms. The minimum atomic E-state index is 0.441. The van der Waals surface area contributed by atoms with E-state index in [9.17, 15) is 0 Å². The van der Waals surface area contributed by atoms with Crippen molar-refractivity contribution in [1.82, 2.24) is 10.2 Å². The lowest BCUT2D eigenvalue weighted by Crippen LogP contribution is -2.01. The van der Waals surface area contributed by atoms with Crippen molar-refractivity contribution in [2.75, 3.05) is 0 Å². The molecule has 14 heavy (non-hydrogen) atoms. The number of fused-ring (bicyclic) bond motifs is 1. The van der Waals surface area contributed by atoms with Crippen molar-refractivity contribution in [2.45, 2.75) is 20.4 Å². The first-order valence-electron chi connectivity index (χ1n) is 4.64. The summed E-state index contributed by atoms with van der Waals surface area (Å²) in [6, 6.07) is 6.19. The molecule has 1 heterocycles. The van der Waals surface area contributed by atoms with Gasteiger partial charge in [-0.25, -0.2) is 0 Å². The van der Waals surface area contributed by atoms with Crippen LogP contribution in [0.2, 0.25) is 0 Å². The molecule has 0 aliphatic rings. The van der Waals surface area contributed by atoms with Gasteiger partial charge in [0.2, 0.25) is 0 Å². The Morgan fingerprint density at radius 1 is 1.14 bits per heavy atom. The van der Waals surface area contributed by atoms with Gasteiger partial charge in [-0.3, -0.25) is 0 Å². The van der Waals surface area contributed by atoms with Gasteiger partial charge in [0.15, 0.2) is 0 Å². The maximum atomic E-state index is 5.52. The molecule has 0 spiro atoms. The molecule has 2 N–H and O–H groups in total. The van der Waals surface area contributed by atoms with E-state index in [-0.39, 0.29) is 0 Å². The van der Waals surface area contributed by atoms with Crippen molar-refractivity contribution >= 4 is 10.9 Å². The first kappa shape index (κ1) is 9.09. The molecular formula is C11H13N3. The van der Waals surface area contributed by atoms with Gasteiger partial charge in [0.05, 0.1) is 11.2 Å². The summed E-state index contributed by atoms with van der Waals surface area (Å²) in [6.45, 7) is 4.58. The fourth-order valence-electron chi connectivity index (χ4n) is 1.64.